The summed E-state index contributed by atoms with van der Waals surface area (Å²) in [5, 5.41) is 7.13. The first-order valence-electron chi connectivity index (χ1n) is 8.35. The van der Waals surface area contributed by atoms with Gasteiger partial charge in [-0.05, 0) is 42.3 Å². The van der Waals surface area contributed by atoms with Crippen molar-refractivity contribution < 1.29 is 9.53 Å². The van der Waals surface area contributed by atoms with Crippen molar-refractivity contribution in [1.82, 2.24) is 15.1 Å². The van der Waals surface area contributed by atoms with Crippen molar-refractivity contribution >= 4 is 21.8 Å². The quantitative estimate of drug-likeness (QED) is 0.637. The maximum atomic E-state index is 12.5. The third-order valence-corrected chi connectivity index (χ3v) is 4.30. The number of carbonyl (C=O) groups is 1. The van der Waals surface area contributed by atoms with E-state index in [2.05, 4.69) is 26.3 Å². The summed E-state index contributed by atoms with van der Waals surface area (Å²) >= 11 is 3.45. The fourth-order valence-electron chi connectivity index (χ4n) is 2.54. The molecule has 1 aromatic heterocycles. The predicted molar refractivity (Wildman–Crippen MR) is 104 cm³/mol. The van der Waals surface area contributed by atoms with Crippen LogP contribution in [0.3, 0.4) is 0 Å². The zero-order valence-corrected chi connectivity index (χ0v) is 16.1. The molecule has 134 valence electrons. The Bertz CT molecular complexity index is 892. The highest BCUT2D eigenvalue weighted by molar-refractivity contribution is 9.10. The Labute approximate surface area is 161 Å². The lowest BCUT2D eigenvalue weighted by atomic mass is 10.2. The van der Waals surface area contributed by atoms with Gasteiger partial charge in [-0.2, -0.15) is 5.10 Å². The second-order valence-corrected chi connectivity index (χ2v) is 6.87. The van der Waals surface area contributed by atoms with Gasteiger partial charge in [-0.3, -0.25) is 9.48 Å². The van der Waals surface area contributed by atoms with Crippen LogP contribution in [0.1, 0.15) is 21.5 Å². The van der Waals surface area contributed by atoms with Crippen LogP contribution in [0.4, 0.5) is 0 Å². The normalized spacial score (nSPS) is 10.5. The molecule has 1 heterocycles. The van der Waals surface area contributed by atoms with Gasteiger partial charge in [-0.25, -0.2) is 0 Å². The van der Waals surface area contributed by atoms with Crippen molar-refractivity contribution in [3.05, 3.63) is 82.1 Å². The van der Waals surface area contributed by atoms with Crippen molar-refractivity contribution in [3.8, 4) is 5.75 Å². The average Bonchev–Trinajstić information content (AvgIpc) is 3.05. The number of nitrogens with one attached hydrogen (secondary N) is 1. The number of ether oxygens (including phenoxy) is 1. The molecule has 2 aromatic carbocycles. The monoisotopic (exact) mass is 413 g/mol. The van der Waals surface area contributed by atoms with E-state index < -0.39 is 0 Å². The highest BCUT2D eigenvalue weighted by Crippen LogP contribution is 2.20. The molecule has 1 amide bonds. The predicted octanol–water partition coefficient (Wildman–Crippen LogP) is 3.96. The van der Waals surface area contributed by atoms with Gasteiger partial charge >= 0.3 is 0 Å². The summed E-state index contributed by atoms with van der Waals surface area (Å²) in [6.07, 6.45) is 3.74. The van der Waals surface area contributed by atoms with Crippen LogP contribution in [-0.2, 0) is 13.2 Å². The summed E-state index contributed by atoms with van der Waals surface area (Å²) in [6, 6.07) is 15.2. The van der Waals surface area contributed by atoms with E-state index in [1.54, 1.807) is 12.3 Å². The topological polar surface area (TPSA) is 56.2 Å². The SMILES string of the molecule is Cc1cnn(CCNC(=O)c2ccccc2OCc2cccc(Br)c2)c1. The minimum absolute atomic E-state index is 0.154. The molecule has 0 aliphatic carbocycles. The summed E-state index contributed by atoms with van der Waals surface area (Å²) < 4.78 is 8.68. The number of benzene rings is 2. The van der Waals surface area contributed by atoms with Gasteiger partial charge < -0.3 is 10.1 Å². The van der Waals surface area contributed by atoms with Gasteiger partial charge in [0.05, 0.1) is 18.3 Å². The lowest BCUT2D eigenvalue weighted by Gasteiger charge is -2.12. The second-order valence-electron chi connectivity index (χ2n) is 5.95. The molecule has 6 heteroatoms. The lowest BCUT2D eigenvalue weighted by molar-refractivity contribution is 0.0947. The van der Waals surface area contributed by atoms with E-state index in [1.165, 1.54) is 0 Å². The molecule has 26 heavy (non-hydrogen) atoms. The van der Waals surface area contributed by atoms with Crippen molar-refractivity contribution in [3.63, 3.8) is 0 Å². The van der Waals surface area contributed by atoms with Crippen molar-refractivity contribution in [2.24, 2.45) is 0 Å². The third kappa shape index (κ3) is 4.95. The maximum absolute atomic E-state index is 12.5. The highest BCUT2D eigenvalue weighted by Gasteiger charge is 2.12. The first-order valence-corrected chi connectivity index (χ1v) is 9.14. The largest absolute Gasteiger partial charge is 0.488 e. The summed E-state index contributed by atoms with van der Waals surface area (Å²) in [5.41, 5.74) is 2.66. The van der Waals surface area contributed by atoms with E-state index in [-0.39, 0.29) is 5.91 Å². The molecule has 3 aromatic rings. The van der Waals surface area contributed by atoms with E-state index in [9.17, 15) is 4.79 Å². The summed E-state index contributed by atoms with van der Waals surface area (Å²) in [5.74, 6) is 0.415. The minimum Gasteiger partial charge on any atom is -0.488 e. The molecule has 0 saturated heterocycles. The van der Waals surface area contributed by atoms with Gasteiger partial charge in [0, 0.05) is 17.2 Å². The number of carbonyl (C=O) groups excluding carboxylic acids is 1. The van der Waals surface area contributed by atoms with E-state index in [0.717, 1.165) is 15.6 Å². The van der Waals surface area contributed by atoms with Gasteiger partial charge in [0.15, 0.2) is 0 Å². The molecule has 0 fully saturated rings. The average molecular weight is 414 g/mol. The molecule has 0 spiro atoms. The van der Waals surface area contributed by atoms with Crippen LogP contribution in [0.5, 0.6) is 5.75 Å². The molecule has 0 bridgehead atoms. The van der Waals surface area contributed by atoms with E-state index in [0.29, 0.717) is 31.0 Å². The number of rotatable bonds is 7. The summed E-state index contributed by atoms with van der Waals surface area (Å²) in [6.45, 7) is 3.51. The number of amides is 1. The van der Waals surface area contributed by atoms with Crippen molar-refractivity contribution in [2.45, 2.75) is 20.1 Å². The summed E-state index contributed by atoms with van der Waals surface area (Å²) in [7, 11) is 0. The van der Waals surface area contributed by atoms with Crippen LogP contribution in [0.15, 0.2) is 65.4 Å². The minimum atomic E-state index is -0.154. The number of aryl methyl sites for hydroxylation is 1. The smallest absolute Gasteiger partial charge is 0.255 e. The molecule has 1 N–H and O–H groups in total. The van der Waals surface area contributed by atoms with Gasteiger partial charge in [-0.15, -0.1) is 0 Å². The molecule has 0 aliphatic rings. The Morgan fingerprint density at radius 2 is 2.08 bits per heavy atom. The Hall–Kier alpha value is -2.60. The maximum Gasteiger partial charge on any atom is 0.255 e. The van der Waals surface area contributed by atoms with Gasteiger partial charge in [-0.1, -0.05) is 40.2 Å². The van der Waals surface area contributed by atoms with Crippen molar-refractivity contribution in [1.29, 1.82) is 0 Å². The van der Waals surface area contributed by atoms with E-state index in [4.69, 9.17) is 4.74 Å². The molecule has 0 atom stereocenters. The van der Waals surface area contributed by atoms with Crippen LogP contribution in [0.2, 0.25) is 0 Å². The number of hydrogen-bond acceptors (Lipinski definition) is 3. The lowest BCUT2D eigenvalue weighted by Crippen LogP contribution is -2.27. The second kappa shape index (κ2) is 8.67. The van der Waals surface area contributed by atoms with Crippen LogP contribution < -0.4 is 10.1 Å². The van der Waals surface area contributed by atoms with E-state index in [1.807, 2.05) is 60.3 Å². The fraction of sp³-hybridized carbons (Fsp3) is 0.200. The van der Waals surface area contributed by atoms with Crippen LogP contribution in [0.25, 0.3) is 0 Å². The zero-order chi connectivity index (χ0) is 18.4. The summed E-state index contributed by atoms with van der Waals surface area (Å²) in [4.78, 5) is 12.5. The first-order chi connectivity index (χ1) is 12.6. The first kappa shape index (κ1) is 18.2. The number of halogens is 1. The van der Waals surface area contributed by atoms with Crippen LogP contribution in [0, 0.1) is 6.92 Å². The third-order valence-electron chi connectivity index (χ3n) is 3.80. The number of hydrogen-bond donors (Lipinski definition) is 1. The van der Waals surface area contributed by atoms with Gasteiger partial charge in [0.2, 0.25) is 0 Å². The van der Waals surface area contributed by atoms with Crippen LogP contribution >= 0.6 is 15.9 Å². The number of aromatic nitrogens is 2. The van der Waals surface area contributed by atoms with Gasteiger partial charge in [0.1, 0.15) is 12.4 Å². The van der Waals surface area contributed by atoms with E-state index >= 15 is 0 Å². The number of para-hydroxylation sites is 1. The molecular formula is C20H20BrN3O2. The van der Waals surface area contributed by atoms with Crippen molar-refractivity contribution in [2.75, 3.05) is 6.54 Å². The molecule has 0 aliphatic heterocycles. The Morgan fingerprint density at radius 1 is 1.23 bits per heavy atom. The Morgan fingerprint density at radius 3 is 2.85 bits per heavy atom. The molecule has 0 radical (unpaired) electrons. The molecule has 0 saturated carbocycles. The highest BCUT2D eigenvalue weighted by atomic mass is 79.9. The molecular weight excluding hydrogens is 394 g/mol. The van der Waals surface area contributed by atoms with Gasteiger partial charge in [0.25, 0.3) is 5.91 Å². The van der Waals surface area contributed by atoms with Crippen LogP contribution in [-0.4, -0.2) is 22.2 Å². The molecule has 3 rings (SSSR count). The molecule has 5 nitrogen and oxygen atoms in total. The Kier molecular flexibility index (Phi) is 6.07. The molecule has 0 unspecified atom stereocenters. The fourth-order valence-corrected chi connectivity index (χ4v) is 2.98. The Balaban J connectivity index is 1.59. The number of nitrogens with zero attached hydrogens (tertiary/aromatic N) is 2. The standard InChI is InChI=1S/C20H20BrN3O2/c1-15-12-23-24(13-15)10-9-22-20(25)18-7-2-3-8-19(18)26-14-16-5-4-6-17(21)11-16/h2-8,11-13H,9-10,14H2,1H3,(H,22,25). The zero-order valence-electron chi connectivity index (χ0n) is 14.5.